The number of benzene rings is 3. The van der Waals surface area contributed by atoms with Crippen LogP contribution in [0.3, 0.4) is 0 Å². The second-order valence-corrected chi connectivity index (χ2v) is 10.2. The maximum atomic E-state index is 15.4. The molecule has 1 saturated heterocycles. The number of carbonyl (C=O) groups is 1. The van der Waals surface area contributed by atoms with Crippen LogP contribution in [0.4, 0.5) is 8.78 Å². The third-order valence-electron chi connectivity index (χ3n) is 7.26. The first-order valence-corrected chi connectivity index (χ1v) is 13.3. The van der Waals surface area contributed by atoms with E-state index in [-0.39, 0.29) is 30.5 Å². The van der Waals surface area contributed by atoms with Gasteiger partial charge in [-0.05, 0) is 60.9 Å². The van der Waals surface area contributed by atoms with Crippen molar-refractivity contribution in [3.63, 3.8) is 0 Å². The second-order valence-electron chi connectivity index (χ2n) is 10.2. The van der Waals surface area contributed by atoms with Gasteiger partial charge in [-0.15, -0.1) is 0 Å². The lowest BCUT2D eigenvalue weighted by molar-refractivity contribution is -0.0589. The summed E-state index contributed by atoms with van der Waals surface area (Å²) >= 11 is 0. The molecule has 7 nitrogen and oxygen atoms in total. The van der Waals surface area contributed by atoms with E-state index in [1.807, 2.05) is 17.6 Å². The highest BCUT2D eigenvalue weighted by atomic mass is 19.1. The maximum absolute atomic E-state index is 15.4. The number of ether oxygens (including phenoxy) is 2. The first-order valence-electron chi connectivity index (χ1n) is 13.3. The van der Waals surface area contributed by atoms with Crippen molar-refractivity contribution in [3.05, 3.63) is 113 Å². The van der Waals surface area contributed by atoms with Gasteiger partial charge in [-0.3, -0.25) is 0 Å². The molecule has 9 heteroatoms. The number of rotatable bonds is 9. The summed E-state index contributed by atoms with van der Waals surface area (Å²) in [5.74, 6) is -0.841. The molecule has 2 aromatic heterocycles. The standard InChI is InChI=1S/C32H27F2N3O4/c1-19-5-6-23(25(33)13-19)18-41-31-4-2-3-27(36-31)21-8-7-20(26(34)14-21)16-30-35-28-10-9-22(32(38)39)15-29(28)37(30)17-24-11-12-40-24/h2-10,13-15,24H,11-12,16-18H2,1H3,(H,38,39). The van der Waals surface area contributed by atoms with Crippen molar-refractivity contribution in [1.82, 2.24) is 14.5 Å². The number of carboxylic acid groups (broad SMARTS) is 1. The molecule has 0 aliphatic carbocycles. The summed E-state index contributed by atoms with van der Waals surface area (Å²) in [5.41, 5.74) is 4.28. The van der Waals surface area contributed by atoms with Crippen molar-refractivity contribution < 1.29 is 28.2 Å². The Morgan fingerprint density at radius 3 is 2.56 bits per heavy atom. The number of aromatic nitrogens is 3. The molecule has 41 heavy (non-hydrogen) atoms. The van der Waals surface area contributed by atoms with Gasteiger partial charge in [0.1, 0.15) is 24.1 Å². The zero-order valence-corrected chi connectivity index (χ0v) is 22.3. The van der Waals surface area contributed by atoms with Crippen molar-refractivity contribution in [1.29, 1.82) is 0 Å². The SMILES string of the molecule is Cc1ccc(COc2cccc(-c3ccc(Cc4nc5ccc(C(=O)O)cc5n4CC4CCO4)c(F)c3)n2)c(F)c1. The summed E-state index contributed by atoms with van der Waals surface area (Å²) < 4.78 is 42.9. The monoisotopic (exact) mass is 555 g/mol. The predicted octanol–water partition coefficient (Wildman–Crippen LogP) is 6.34. The van der Waals surface area contributed by atoms with Crippen LogP contribution >= 0.6 is 0 Å². The predicted molar refractivity (Wildman–Crippen MR) is 149 cm³/mol. The Kier molecular flexibility index (Phi) is 7.19. The summed E-state index contributed by atoms with van der Waals surface area (Å²) in [6.07, 6.45) is 1.13. The topological polar surface area (TPSA) is 86.5 Å². The van der Waals surface area contributed by atoms with E-state index in [1.54, 1.807) is 48.5 Å². The van der Waals surface area contributed by atoms with Gasteiger partial charge in [-0.25, -0.2) is 23.5 Å². The molecule has 208 valence electrons. The van der Waals surface area contributed by atoms with E-state index in [0.717, 1.165) is 12.0 Å². The average molecular weight is 556 g/mol. The van der Waals surface area contributed by atoms with E-state index in [0.29, 0.717) is 58.3 Å². The molecule has 0 amide bonds. The van der Waals surface area contributed by atoms with Crippen molar-refractivity contribution in [3.8, 4) is 17.1 Å². The number of imidazole rings is 1. The molecule has 0 radical (unpaired) electrons. The number of fused-ring (bicyclic) bond motifs is 1. The van der Waals surface area contributed by atoms with Crippen LogP contribution < -0.4 is 4.74 Å². The number of hydrogen-bond acceptors (Lipinski definition) is 5. The molecule has 3 aromatic carbocycles. The van der Waals surface area contributed by atoms with E-state index in [1.165, 1.54) is 18.2 Å². The van der Waals surface area contributed by atoms with E-state index in [9.17, 15) is 14.3 Å². The Morgan fingerprint density at radius 1 is 1.02 bits per heavy atom. The minimum absolute atomic E-state index is 0.00919. The van der Waals surface area contributed by atoms with Gasteiger partial charge in [-0.1, -0.05) is 30.3 Å². The van der Waals surface area contributed by atoms with Gasteiger partial charge in [0, 0.05) is 30.2 Å². The number of halogens is 2. The molecule has 5 aromatic rings. The van der Waals surface area contributed by atoms with Crippen molar-refractivity contribution in [2.24, 2.45) is 0 Å². The second kappa shape index (κ2) is 11.1. The van der Waals surface area contributed by atoms with Crippen molar-refractivity contribution in [2.75, 3.05) is 6.61 Å². The van der Waals surface area contributed by atoms with Crippen LogP contribution in [-0.4, -0.2) is 38.3 Å². The Morgan fingerprint density at radius 2 is 1.83 bits per heavy atom. The fourth-order valence-corrected chi connectivity index (χ4v) is 4.87. The van der Waals surface area contributed by atoms with Gasteiger partial charge in [0.2, 0.25) is 5.88 Å². The molecule has 3 heterocycles. The van der Waals surface area contributed by atoms with Gasteiger partial charge in [0.05, 0.1) is 34.9 Å². The summed E-state index contributed by atoms with van der Waals surface area (Å²) in [4.78, 5) is 20.7. The minimum atomic E-state index is -1.02. The van der Waals surface area contributed by atoms with Gasteiger partial charge in [0.25, 0.3) is 0 Å². The Hall–Kier alpha value is -4.63. The van der Waals surface area contributed by atoms with Crippen LogP contribution in [0, 0.1) is 18.6 Å². The van der Waals surface area contributed by atoms with Gasteiger partial charge in [0.15, 0.2) is 0 Å². The third kappa shape index (κ3) is 5.67. The molecule has 0 bridgehead atoms. The van der Waals surface area contributed by atoms with Gasteiger partial charge < -0.3 is 19.1 Å². The van der Waals surface area contributed by atoms with Crippen LogP contribution in [0.2, 0.25) is 0 Å². The molecular formula is C32H27F2N3O4. The maximum Gasteiger partial charge on any atom is 0.335 e. The highest BCUT2D eigenvalue weighted by molar-refractivity contribution is 5.92. The lowest BCUT2D eigenvalue weighted by atomic mass is 10.1. The Balaban J connectivity index is 1.24. The van der Waals surface area contributed by atoms with E-state index in [2.05, 4.69) is 4.98 Å². The van der Waals surface area contributed by atoms with E-state index in [4.69, 9.17) is 14.5 Å². The summed E-state index contributed by atoms with van der Waals surface area (Å²) in [6, 6.07) is 19.8. The van der Waals surface area contributed by atoms with Crippen molar-refractivity contribution in [2.45, 2.75) is 39.0 Å². The highest BCUT2D eigenvalue weighted by Crippen LogP contribution is 2.27. The van der Waals surface area contributed by atoms with Crippen LogP contribution in [0.15, 0.2) is 72.8 Å². The fourth-order valence-electron chi connectivity index (χ4n) is 4.87. The molecule has 1 N–H and O–H groups in total. The van der Waals surface area contributed by atoms with Crippen LogP contribution in [0.25, 0.3) is 22.3 Å². The molecule has 6 rings (SSSR count). The third-order valence-corrected chi connectivity index (χ3v) is 7.26. The molecule has 1 aliphatic rings. The van der Waals surface area contributed by atoms with Crippen LogP contribution in [-0.2, 0) is 24.3 Å². The van der Waals surface area contributed by atoms with Gasteiger partial charge >= 0.3 is 5.97 Å². The molecule has 1 fully saturated rings. The van der Waals surface area contributed by atoms with Crippen molar-refractivity contribution >= 4 is 17.0 Å². The van der Waals surface area contributed by atoms with E-state index < -0.39 is 11.8 Å². The number of aromatic carboxylic acids is 1. The summed E-state index contributed by atoms with van der Waals surface area (Å²) in [6.45, 7) is 3.04. The lowest BCUT2D eigenvalue weighted by Crippen LogP contribution is -2.31. The quantitative estimate of drug-likeness (QED) is 0.228. The zero-order chi connectivity index (χ0) is 28.5. The number of nitrogens with zero attached hydrogens (tertiary/aromatic N) is 3. The average Bonchev–Trinajstić information content (AvgIpc) is 3.27. The lowest BCUT2D eigenvalue weighted by Gasteiger charge is -2.27. The molecule has 1 unspecified atom stereocenters. The fraction of sp³-hybridized carbons (Fsp3) is 0.219. The number of hydrogen-bond donors (Lipinski definition) is 1. The number of aryl methyl sites for hydroxylation is 1. The Bertz CT molecular complexity index is 1760. The normalized spacial score (nSPS) is 14.7. The van der Waals surface area contributed by atoms with Crippen LogP contribution in [0.1, 0.15) is 39.3 Å². The highest BCUT2D eigenvalue weighted by Gasteiger charge is 2.23. The van der Waals surface area contributed by atoms with E-state index >= 15 is 4.39 Å². The molecular weight excluding hydrogens is 528 g/mol. The molecule has 1 atom stereocenters. The zero-order valence-electron chi connectivity index (χ0n) is 22.3. The summed E-state index contributed by atoms with van der Waals surface area (Å²) in [7, 11) is 0. The summed E-state index contributed by atoms with van der Waals surface area (Å²) in [5, 5.41) is 9.46. The first-order chi connectivity index (χ1) is 19.8. The smallest absolute Gasteiger partial charge is 0.335 e. The number of carboxylic acids is 1. The molecule has 1 aliphatic heterocycles. The molecule has 0 spiro atoms. The molecule has 0 saturated carbocycles. The largest absolute Gasteiger partial charge is 0.478 e. The van der Waals surface area contributed by atoms with Gasteiger partial charge in [-0.2, -0.15) is 0 Å². The Labute approximate surface area is 235 Å². The minimum Gasteiger partial charge on any atom is -0.478 e. The van der Waals surface area contributed by atoms with Crippen LogP contribution in [0.5, 0.6) is 5.88 Å². The number of pyridine rings is 1. The first kappa shape index (κ1) is 26.6.